The Labute approximate surface area is 322 Å². The lowest BCUT2D eigenvalue weighted by atomic mass is 9.82. The van der Waals surface area contributed by atoms with E-state index in [1.54, 1.807) is 11.3 Å². The van der Waals surface area contributed by atoms with Gasteiger partial charge in [0.2, 0.25) is 0 Å². The number of benzene rings is 7. The molecule has 260 valence electrons. The van der Waals surface area contributed by atoms with E-state index in [4.69, 9.17) is 19.9 Å². The Morgan fingerprint density at radius 2 is 1.07 bits per heavy atom. The van der Waals surface area contributed by atoms with Crippen LogP contribution in [0.2, 0.25) is 0 Å². The number of rotatable bonds is 5. The maximum Gasteiger partial charge on any atom is 0.164 e. The van der Waals surface area contributed by atoms with Gasteiger partial charge < -0.3 is 4.57 Å². The number of hydrogen-bond acceptors (Lipinski definition) is 5. The van der Waals surface area contributed by atoms with Gasteiger partial charge in [0.1, 0.15) is 5.01 Å². The average molecular weight is 724 g/mol. The molecule has 0 unspecified atom stereocenters. The zero-order chi connectivity index (χ0) is 36.7. The van der Waals surface area contributed by atoms with Crippen molar-refractivity contribution in [2.75, 3.05) is 0 Å². The number of aromatic nitrogens is 5. The average Bonchev–Trinajstić information content (AvgIpc) is 3.89. The SMILES string of the molecule is CC1(C)c2ccccc2-c2cc3c4ccccc4n(-c4ccc(-c5nc6ccc(-c7nc(-c8ccccc8)nc(-c8ccccc8)n7)cc6s5)cc4)c3cc21. The van der Waals surface area contributed by atoms with Crippen molar-refractivity contribution >= 4 is 43.4 Å². The summed E-state index contributed by atoms with van der Waals surface area (Å²) in [5.74, 6) is 1.94. The largest absolute Gasteiger partial charge is 0.309 e. The molecule has 0 saturated carbocycles. The van der Waals surface area contributed by atoms with E-state index < -0.39 is 0 Å². The normalized spacial score (nSPS) is 13.1. The molecule has 5 nitrogen and oxygen atoms in total. The molecule has 7 aromatic carbocycles. The van der Waals surface area contributed by atoms with Gasteiger partial charge in [0.05, 0.1) is 21.3 Å². The van der Waals surface area contributed by atoms with Gasteiger partial charge in [-0.2, -0.15) is 0 Å². The molecule has 0 atom stereocenters. The van der Waals surface area contributed by atoms with Gasteiger partial charge in [0.15, 0.2) is 17.5 Å². The zero-order valence-electron chi connectivity index (χ0n) is 30.2. The molecule has 11 rings (SSSR count). The fraction of sp³-hybridized carbons (Fsp3) is 0.0612. The van der Waals surface area contributed by atoms with Crippen LogP contribution >= 0.6 is 11.3 Å². The summed E-state index contributed by atoms with van der Waals surface area (Å²) in [6.45, 7) is 4.69. The summed E-state index contributed by atoms with van der Waals surface area (Å²) in [7, 11) is 0. The van der Waals surface area contributed by atoms with Crippen LogP contribution in [0.5, 0.6) is 0 Å². The van der Waals surface area contributed by atoms with E-state index in [1.807, 2.05) is 60.7 Å². The van der Waals surface area contributed by atoms with Crippen LogP contribution in [-0.2, 0) is 5.41 Å². The molecule has 0 fully saturated rings. The molecule has 1 aliphatic carbocycles. The van der Waals surface area contributed by atoms with Gasteiger partial charge in [-0.1, -0.05) is 117 Å². The highest BCUT2D eigenvalue weighted by Gasteiger charge is 2.36. The summed E-state index contributed by atoms with van der Waals surface area (Å²) in [4.78, 5) is 19.8. The first-order valence-electron chi connectivity index (χ1n) is 18.6. The maximum atomic E-state index is 5.07. The van der Waals surface area contributed by atoms with Crippen LogP contribution in [-0.4, -0.2) is 24.5 Å². The molecule has 0 bridgehead atoms. The van der Waals surface area contributed by atoms with Crippen LogP contribution in [0.25, 0.3) is 93.6 Å². The Hall–Kier alpha value is -6.76. The first-order chi connectivity index (χ1) is 27.0. The summed E-state index contributed by atoms with van der Waals surface area (Å²) in [6, 6.07) is 57.8. The first-order valence-corrected chi connectivity index (χ1v) is 19.4. The fourth-order valence-electron chi connectivity index (χ4n) is 8.32. The van der Waals surface area contributed by atoms with Crippen molar-refractivity contribution in [2.24, 2.45) is 0 Å². The molecule has 0 spiro atoms. The second-order valence-corrected chi connectivity index (χ2v) is 15.8. The number of para-hydroxylation sites is 1. The van der Waals surface area contributed by atoms with E-state index in [0.717, 1.165) is 43.2 Å². The summed E-state index contributed by atoms with van der Waals surface area (Å²) in [5, 5.41) is 3.51. The smallest absolute Gasteiger partial charge is 0.164 e. The summed E-state index contributed by atoms with van der Waals surface area (Å²) < 4.78 is 3.50. The van der Waals surface area contributed by atoms with Gasteiger partial charge >= 0.3 is 0 Å². The highest BCUT2D eigenvalue weighted by Crippen LogP contribution is 2.51. The molecule has 6 heteroatoms. The van der Waals surface area contributed by atoms with Gasteiger partial charge in [0.25, 0.3) is 0 Å². The molecule has 3 heterocycles. The van der Waals surface area contributed by atoms with Crippen molar-refractivity contribution in [3.63, 3.8) is 0 Å². The van der Waals surface area contributed by atoms with Crippen molar-refractivity contribution in [1.82, 2.24) is 24.5 Å². The molecule has 0 saturated heterocycles. The lowest BCUT2D eigenvalue weighted by molar-refractivity contribution is 0.661. The van der Waals surface area contributed by atoms with Gasteiger partial charge in [-0.15, -0.1) is 11.3 Å². The van der Waals surface area contributed by atoms with Crippen molar-refractivity contribution < 1.29 is 0 Å². The van der Waals surface area contributed by atoms with Crippen LogP contribution in [0.3, 0.4) is 0 Å². The van der Waals surface area contributed by atoms with Crippen LogP contribution in [0.15, 0.2) is 164 Å². The second-order valence-electron chi connectivity index (χ2n) is 14.7. The standard InChI is InChI=1S/C49H33N5S/c1-49(2)39-19-11-9-17-35(39)37-28-38-36-18-10-12-20-42(36)54(43(38)29-40(37)49)34-24-21-32(22-25-34)48-50-41-26-23-33(27-44(41)55-48)47-52-45(30-13-5-3-6-14-30)51-46(53-47)31-15-7-4-8-16-31/h3-29H,1-2H3. The van der Waals surface area contributed by atoms with Crippen LogP contribution in [0.4, 0.5) is 0 Å². The van der Waals surface area contributed by atoms with Crippen molar-refractivity contribution in [2.45, 2.75) is 19.3 Å². The van der Waals surface area contributed by atoms with Gasteiger partial charge in [-0.3, -0.25) is 0 Å². The molecular weight excluding hydrogens is 691 g/mol. The third-order valence-electron chi connectivity index (χ3n) is 11.1. The Bertz CT molecular complexity index is 3050. The lowest BCUT2D eigenvalue weighted by Crippen LogP contribution is -2.14. The van der Waals surface area contributed by atoms with Gasteiger partial charge in [-0.05, 0) is 82.9 Å². The summed E-state index contributed by atoms with van der Waals surface area (Å²) >= 11 is 1.69. The number of nitrogens with zero attached hydrogens (tertiary/aromatic N) is 5. The van der Waals surface area contributed by atoms with Crippen LogP contribution in [0.1, 0.15) is 25.0 Å². The van der Waals surface area contributed by atoms with E-state index in [0.29, 0.717) is 17.5 Å². The van der Waals surface area contributed by atoms with Crippen LogP contribution < -0.4 is 0 Å². The molecule has 0 amide bonds. The number of fused-ring (bicyclic) bond motifs is 7. The Kier molecular flexibility index (Phi) is 7.00. The predicted octanol–water partition coefficient (Wildman–Crippen LogP) is 12.6. The molecule has 10 aromatic rings. The minimum absolute atomic E-state index is 0.0735. The van der Waals surface area contributed by atoms with E-state index >= 15 is 0 Å². The zero-order valence-corrected chi connectivity index (χ0v) is 31.0. The highest BCUT2D eigenvalue weighted by atomic mass is 32.1. The van der Waals surface area contributed by atoms with E-state index in [2.05, 4.69) is 122 Å². The summed E-state index contributed by atoms with van der Waals surface area (Å²) in [5.41, 5.74) is 13.8. The van der Waals surface area contributed by atoms with Crippen LogP contribution in [0, 0.1) is 0 Å². The van der Waals surface area contributed by atoms with Crippen molar-refractivity contribution in [3.8, 4) is 61.5 Å². The minimum atomic E-state index is -0.0735. The van der Waals surface area contributed by atoms with Gasteiger partial charge in [-0.25, -0.2) is 19.9 Å². The van der Waals surface area contributed by atoms with E-state index in [9.17, 15) is 0 Å². The van der Waals surface area contributed by atoms with Crippen molar-refractivity contribution in [1.29, 1.82) is 0 Å². The molecule has 55 heavy (non-hydrogen) atoms. The van der Waals surface area contributed by atoms with E-state index in [1.165, 1.54) is 44.1 Å². The first kappa shape index (κ1) is 31.7. The Morgan fingerprint density at radius 1 is 0.455 bits per heavy atom. The second kappa shape index (κ2) is 12.1. The molecule has 0 N–H and O–H groups in total. The Balaban J connectivity index is 0.976. The van der Waals surface area contributed by atoms with Gasteiger partial charge in [0, 0.05) is 44.1 Å². The predicted molar refractivity (Wildman–Crippen MR) is 227 cm³/mol. The van der Waals surface area contributed by atoms with Crippen molar-refractivity contribution in [3.05, 3.63) is 175 Å². The fourth-order valence-corrected chi connectivity index (χ4v) is 9.33. The molecule has 0 radical (unpaired) electrons. The number of thiazole rings is 1. The Morgan fingerprint density at radius 3 is 1.80 bits per heavy atom. The molecule has 0 aliphatic heterocycles. The quantitative estimate of drug-likeness (QED) is 0.177. The third kappa shape index (κ3) is 5.06. The molecule has 3 aromatic heterocycles. The number of hydrogen-bond donors (Lipinski definition) is 0. The third-order valence-corrected chi connectivity index (χ3v) is 12.2. The highest BCUT2D eigenvalue weighted by molar-refractivity contribution is 7.21. The molecule has 1 aliphatic rings. The lowest BCUT2D eigenvalue weighted by Gasteiger charge is -2.21. The minimum Gasteiger partial charge on any atom is -0.309 e. The monoisotopic (exact) mass is 723 g/mol. The maximum absolute atomic E-state index is 5.07. The molecular formula is C49H33N5S. The summed E-state index contributed by atoms with van der Waals surface area (Å²) in [6.07, 6.45) is 0. The topological polar surface area (TPSA) is 56.5 Å². The van der Waals surface area contributed by atoms with E-state index in [-0.39, 0.29) is 5.41 Å².